The fraction of sp³-hybridized carbons (Fsp3) is 0.200. The van der Waals surface area contributed by atoms with Crippen LogP contribution in [-0.4, -0.2) is 67.7 Å². The predicted molar refractivity (Wildman–Crippen MR) is 128 cm³/mol. The van der Waals surface area contributed by atoms with Gasteiger partial charge in [0.2, 0.25) is 11.8 Å². The third kappa shape index (κ3) is 4.78. The van der Waals surface area contributed by atoms with Crippen molar-refractivity contribution in [2.75, 3.05) is 25.1 Å². The van der Waals surface area contributed by atoms with Crippen LogP contribution in [0, 0.1) is 11.6 Å². The van der Waals surface area contributed by atoms with Gasteiger partial charge in [0.1, 0.15) is 22.8 Å². The van der Waals surface area contributed by atoms with Crippen LogP contribution in [0.4, 0.5) is 20.3 Å². The van der Waals surface area contributed by atoms with Crippen LogP contribution < -0.4 is 5.32 Å². The summed E-state index contributed by atoms with van der Waals surface area (Å²) in [7, 11) is 0. The van der Waals surface area contributed by atoms with Crippen molar-refractivity contribution in [2.24, 2.45) is 0 Å². The molecule has 0 bridgehead atoms. The lowest BCUT2D eigenvalue weighted by atomic mass is 10.1. The van der Waals surface area contributed by atoms with Gasteiger partial charge in [-0.3, -0.25) is 4.79 Å². The van der Waals surface area contributed by atoms with E-state index >= 15 is 0 Å². The molecule has 1 unspecified atom stereocenters. The minimum atomic E-state index is -1.12. The van der Waals surface area contributed by atoms with Crippen molar-refractivity contribution < 1.29 is 33.3 Å². The standard InChI is InChI=1S/C25H21F2N5O5/c26-15-2-1-3-16(27)20(15)22-30-17-11-28-24(34)21(17)23(31-22)29-14-6-4-13(5-7-14)10-19(33)32-8-9-37-12-18(32)25(35)36/h1-7,11,18,28,34H,8-10,12H2,(H,35,36)(H,29,30,31). The molecule has 10 nitrogen and oxygen atoms in total. The van der Waals surface area contributed by atoms with E-state index in [9.17, 15) is 28.6 Å². The van der Waals surface area contributed by atoms with Crippen molar-refractivity contribution in [3.8, 4) is 17.3 Å². The normalized spacial score (nSPS) is 15.6. The first-order valence-electron chi connectivity index (χ1n) is 11.3. The summed E-state index contributed by atoms with van der Waals surface area (Å²) in [6, 6.07) is 9.11. The third-order valence-corrected chi connectivity index (χ3v) is 6.01. The Morgan fingerprint density at radius 3 is 2.57 bits per heavy atom. The number of benzene rings is 2. The van der Waals surface area contributed by atoms with Crippen molar-refractivity contribution in [1.82, 2.24) is 19.9 Å². The number of halogens is 2. The first-order valence-corrected chi connectivity index (χ1v) is 11.3. The second-order valence-electron chi connectivity index (χ2n) is 8.40. The molecule has 5 rings (SSSR count). The summed E-state index contributed by atoms with van der Waals surface area (Å²) in [5.74, 6) is -3.42. The number of rotatable bonds is 6. The zero-order chi connectivity index (χ0) is 26.1. The quantitative estimate of drug-likeness (QED) is 0.311. The van der Waals surface area contributed by atoms with E-state index in [0.717, 1.165) is 12.1 Å². The lowest BCUT2D eigenvalue weighted by Gasteiger charge is -2.32. The Bertz CT molecular complexity index is 1470. The number of anilines is 2. The van der Waals surface area contributed by atoms with Crippen LogP contribution in [0.2, 0.25) is 0 Å². The van der Waals surface area contributed by atoms with Gasteiger partial charge in [-0.2, -0.15) is 0 Å². The number of morpholine rings is 1. The monoisotopic (exact) mass is 509 g/mol. The maximum Gasteiger partial charge on any atom is 0.328 e. The molecule has 0 spiro atoms. The maximum absolute atomic E-state index is 14.4. The van der Waals surface area contributed by atoms with Crippen LogP contribution in [0.1, 0.15) is 5.56 Å². The molecule has 1 saturated heterocycles. The first kappa shape index (κ1) is 24.1. The number of carbonyl (C=O) groups excluding carboxylic acids is 1. The number of hydrogen-bond acceptors (Lipinski definition) is 7. The smallest absolute Gasteiger partial charge is 0.328 e. The number of nitrogens with one attached hydrogen (secondary N) is 2. The molecule has 2 aromatic carbocycles. The molecular weight excluding hydrogens is 488 g/mol. The van der Waals surface area contributed by atoms with Gasteiger partial charge >= 0.3 is 5.97 Å². The van der Waals surface area contributed by atoms with Crippen LogP contribution >= 0.6 is 0 Å². The molecule has 37 heavy (non-hydrogen) atoms. The number of aromatic nitrogens is 3. The van der Waals surface area contributed by atoms with Crippen molar-refractivity contribution >= 4 is 34.3 Å². The number of fused-ring (bicyclic) bond motifs is 1. The number of aliphatic carboxylic acids is 1. The Morgan fingerprint density at radius 1 is 1.14 bits per heavy atom. The molecule has 4 N–H and O–H groups in total. The zero-order valence-corrected chi connectivity index (χ0v) is 19.2. The number of hydrogen-bond donors (Lipinski definition) is 4. The fourth-order valence-electron chi connectivity index (χ4n) is 4.16. The molecule has 1 aliphatic heterocycles. The van der Waals surface area contributed by atoms with Crippen molar-refractivity contribution in [1.29, 1.82) is 0 Å². The van der Waals surface area contributed by atoms with Gasteiger partial charge in [-0.15, -0.1) is 0 Å². The highest BCUT2D eigenvalue weighted by Crippen LogP contribution is 2.34. The topological polar surface area (TPSA) is 141 Å². The Kier molecular flexibility index (Phi) is 6.40. The average molecular weight is 509 g/mol. The van der Waals surface area contributed by atoms with Crippen molar-refractivity contribution in [2.45, 2.75) is 12.5 Å². The summed E-state index contributed by atoms with van der Waals surface area (Å²) in [5.41, 5.74) is 1.02. The SMILES string of the molecule is O=C(O)C1COCCN1C(=O)Cc1ccc(Nc2nc(-c3c(F)cccc3F)nc3c[nH]c(O)c23)cc1. The highest BCUT2D eigenvalue weighted by molar-refractivity contribution is 5.96. The molecule has 1 fully saturated rings. The number of aromatic amines is 1. The van der Waals surface area contributed by atoms with E-state index in [0.29, 0.717) is 11.3 Å². The van der Waals surface area contributed by atoms with Gasteiger partial charge in [0.25, 0.3) is 0 Å². The zero-order valence-electron chi connectivity index (χ0n) is 19.2. The molecule has 3 heterocycles. The van der Waals surface area contributed by atoms with Gasteiger partial charge < -0.3 is 30.2 Å². The lowest BCUT2D eigenvalue weighted by Crippen LogP contribution is -2.53. The Morgan fingerprint density at radius 2 is 1.86 bits per heavy atom. The number of ether oxygens (including phenoxy) is 1. The average Bonchev–Trinajstić information content (AvgIpc) is 3.26. The Hall–Kier alpha value is -4.58. The van der Waals surface area contributed by atoms with Gasteiger partial charge in [-0.1, -0.05) is 18.2 Å². The molecule has 0 saturated carbocycles. The van der Waals surface area contributed by atoms with Crippen LogP contribution in [0.5, 0.6) is 5.88 Å². The number of carboxylic acid groups (broad SMARTS) is 1. The molecule has 0 aliphatic carbocycles. The lowest BCUT2D eigenvalue weighted by molar-refractivity contribution is -0.158. The molecule has 2 aromatic heterocycles. The highest BCUT2D eigenvalue weighted by atomic mass is 19.1. The van der Waals surface area contributed by atoms with Crippen LogP contribution in [0.15, 0.2) is 48.7 Å². The Balaban J connectivity index is 1.39. The number of amides is 1. The van der Waals surface area contributed by atoms with Crippen LogP contribution in [0.25, 0.3) is 22.3 Å². The summed E-state index contributed by atoms with van der Waals surface area (Å²) in [6.45, 7) is 0.420. The van der Waals surface area contributed by atoms with E-state index in [1.54, 1.807) is 24.3 Å². The van der Waals surface area contributed by atoms with Crippen LogP contribution in [-0.2, 0) is 20.7 Å². The summed E-state index contributed by atoms with van der Waals surface area (Å²) in [5, 5.41) is 22.9. The van der Waals surface area contributed by atoms with Crippen LogP contribution in [0.3, 0.4) is 0 Å². The molecule has 1 amide bonds. The third-order valence-electron chi connectivity index (χ3n) is 6.01. The Labute approximate surface area is 208 Å². The van der Waals surface area contributed by atoms with Crippen molar-refractivity contribution in [3.63, 3.8) is 0 Å². The maximum atomic E-state index is 14.4. The second-order valence-corrected chi connectivity index (χ2v) is 8.40. The second kappa shape index (κ2) is 9.82. The first-order chi connectivity index (χ1) is 17.8. The highest BCUT2D eigenvalue weighted by Gasteiger charge is 2.32. The van der Waals surface area contributed by atoms with E-state index in [4.69, 9.17) is 4.74 Å². The summed E-state index contributed by atoms with van der Waals surface area (Å²) in [6.07, 6.45) is 1.39. The van der Waals surface area contributed by atoms with E-state index in [1.807, 2.05) is 0 Å². The molecular formula is C25H21F2N5O5. The van der Waals surface area contributed by atoms with E-state index in [-0.39, 0.29) is 60.5 Å². The molecule has 1 aliphatic rings. The molecule has 0 radical (unpaired) electrons. The number of carboxylic acids is 1. The number of H-pyrrole nitrogens is 1. The van der Waals surface area contributed by atoms with Gasteiger partial charge in [0, 0.05) is 18.4 Å². The van der Waals surface area contributed by atoms with Gasteiger partial charge in [-0.05, 0) is 29.8 Å². The predicted octanol–water partition coefficient (Wildman–Crippen LogP) is 3.21. The summed E-state index contributed by atoms with van der Waals surface area (Å²) in [4.78, 5) is 36.5. The van der Waals surface area contributed by atoms with E-state index in [2.05, 4.69) is 20.3 Å². The van der Waals surface area contributed by atoms with Gasteiger partial charge in [0.15, 0.2) is 11.9 Å². The minimum Gasteiger partial charge on any atom is -0.494 e. The van der Waals surface area contributed by atoms with Gasteiger partial charge in [0.05, 0.1) is 30.7 Å². The molecule has 12 heteroatoms. The minimum absolute atomic E-state index is 0.00286. The number of aromatic hydroxyl groups is 1. The largest absolute Gasteiger partial charge is 0.494 e. The van der Waals surface area contributed by atoms with E-state index < -0.39 is 29.2 Å². The summed E-state index contributed by atoms with van der Waals surface area (Å²) >= 11 is 0. The number of nitrogens with zero attached hydrogens (tertiary/aromatic N) is 3. The molecule has 4 aromatic rings. The number of carbonyl (C=O) groups is 2. The van der Waals surface area contributed by atoms with Crippen molar-refractivity contribution in [3.05, 3.63) is 65.9 Å². The van der Waals surface area contributed by atoms with Gasteiger partial charge in [-0.25, -0.2) is 23.5 Å². The fourth-order valence-corrected chi connectivity index (χ4v) is 4.16. The molecule has 1 atom stereocenters. The van der Waals surface area contributed by atoms with E-state index in [1.165, 1.54) is 17.2 Å². The molecule has 190 valence electrons. The summed E-state index contributed by atoms with van der Waals surface area (Å²) < 4.78 is 33.9.